The van der Waals surface area contributed by atoms with Gasteiger partial charge in [-0.25, -0.2) is 0 Å². The topological polar surface area (TPSA) is 29.5 Å². The summed E-state index contributed by atoms with van der Waals surface area (Å²) in [4.78, 5) is 0. The molecule has 64 valence electrons. The van der Waals surface area contributed by atoms with Crippen molar-refractivity contribution in [1.29, 1.82) is 0 Å². The van der Waals surface area contributed by atoms with Crippen molar-refractivity contribution in [1.82, 2.24) is 0 Å². The number of benzene rings is 1. The van der Waals surface area contributed by atoms with Crippen molar-refractivity contribution in [2.75, 3.05) is 6.61 Å². The lowest BCUT2D eigenvalue weighted by Crippen LogP contribution is -2.29. The van der Waals surface area contributed by atoms with Crippen molar-refractivity contribution < 1.29 is 14.0 Å². The Bertz CT molecular complexity index is 375. The second kappa shape index (κ2) is 2.49. The van der Waals surface area contributed by atoms with E-state index >= 15 is 0 Å². The van der Waals surface area contributed by atoms with Crippen molar-refractivity contribution in [2.24, 2.45) is 0 Å². The summed E-state index contributed by atoms with van der Waals surface area (Å²) in [6, 6.07) is 6.72. The smallest absolute Gasteiger partial charge is 0.125 e. The Morgan fingerprint density at radius 1 is 1.58 bits per heavy atom. The summed E-state index contributed by atoms with van der Waals surface area (Å²) in [7, 11) is 0. The summed E-state index contributed by atoms with van der Waals surface area (Å²) >= 11 is 0. The summed E-state index contributed by atoms with van der Waals surface area (Å²) in [5, 5.41) is 10.2. The Kier molecular flexibility index (Phi) is 1.01. The first-order valence-electron chi connectivity index (χ1n) is 5.40. The van der Waals surface area contributed by atoms with Gasteiger partial charge < -0.3 is 9.84 Å². The lowest BCUT2D eigenvalue weighted by molar-refractivity contribution is 0.0147. The number of ether oxygens (including phenoxy) is 1. The quantitative estimate of drug-likeness (QED) is 0.637. The zero-order chi connectivity index (χ0) is 11.1. The molecule has 2 heteroatoms. The second-order valence-corrected chi connectivity index (χ2v) is 2.95. The standard InChI is InChI=1S/C10H12O2/c1-10(11)6-7-12-9-5-3-2-4-8(9)10/h2-5,11H,6-7H2,1H3/i1D3. The van der Waals surface area contributed by atoms with Gasteiger partial charge in [0, 0.05) is 16.1 Å². The van der Waals surface area contributed by atoms with Gasteiger partial charge in [0.15, 0.2) is 0 Å². The van der Waals surface area contributed by atoms with E-state index in [1.807, 2.05) is 0 Å². The van der Waals surface area contributed by atoms with Crippen LogP contribution in [0, 0.1) is 0 Å². The maximum absolute atomic E-state index is 10.2. The highest BCUT2D eigenvalue weighted by Gasteiger charge is 2.29. The molecule has 0 saturated heterocycles. The monoisotopic (exact) mass is 167 g/mol. The summed E-state index contributed by atoms with van der Waals surface area (Å²) in [6.07, 6.45) is 0.0977. The fourth-order valence-corrected chi connectivity index (χ4v) is 1.38. The molecule has 0 spiro atoms. The van der Waals surface area contributed by atoms with E-state index in [0.29, 0.717) is 11.3 Å². The molecule has 1 N–H and O–H groups in total. The van der Waals surface area contributed by atoms with Crippen molar-refractivity contribution in [3.8, 4) is 5.75 Å². The molecule has 1 heterocycles. The largest absolute Gasteiger partial charge is 0.493 e. The molecule has 2 nitrogen and oxygen atoms in total. The Morgan fingerprint density at radius 2 is 2.42 bits per heavy atom. The molecule has 0 aromatic heterocycles. The molecule has 0 fully saturated rings. The fourth-order valence-electron chi connectivity index (χ4n) is 1.38. The summed E-state index contributed by atoms with van der Waals surface area (Å²) in [6.45, 7) is -2.20. The number of rotatable bonds is 0. The Labute approximate surface area is 76.0 Å². The van der Waals surface area contributed by atoms with Gasteiger partial charge in [-0.1, -0.05) is 18.2 Å². The highest BCUT2D eigenvalue weighted by atomic mass is 16.5. The van der Waals surface area contributed by atoms with Crippen molar-refractivity contribution in [2.45, 2.75) is 18.9 Å². The van der Waals surface area contributed by atoms with Gasteiger partial charge in [-0.15, -0.1) is 0 Å². The zero-order valence-electron chi connectivity index (χ0n) is 9.58. The molecule has 1 aliphatic rings. The van der Waals surface area contributed by atoms with E-state index in [1.54, 1.807) is 24.3 Å². The maximum atomic E-state index is 10.2. The Balaban J connectivity index is 2.55. The first-order valence-corrected chi connectivity index (χ1v) is 3.90. The van der Waals surface area contributed by atoms with Crippen LogP contribution in [-0.2, 0) is 5.60 Å². The average molecular weight is 167 g/mol. The number of aliphatic hydroxyl groups is 1. The van der Waals surface area contributed by atoms with Gasteiger partial charge in [0.1, 0.15) is 5.75 Å². The molecule has 0 radical (unpaired) electrons. The van der Waals surface area contributed by atoms with E-state index in [2.05, 4.69) is 0 Å². The zero-order valence-corrected chi connectivity index (χ0v) is 6.58. The molecule has 0 amide bonds. The molecule has 12 heavy (non-hydrogen) atoms. The normalized spacial score (nSPS) is 32.2. The van der Waals surface area contributed by atoms with Crippen LogP contribution in [0.2, 0.25) is 0 Å². The third kappa shape index (κ3) is 1.08. The predicted octanol–water partition coefficient (Wildman–Crippen LogP) is 1.68. The van der Waals surface area contributed by atoms with Crippen LogP contribution in [0.1, 0.15) is 22.9 Å². The van der Waals surface area contributed by atoms with E-state index in [9.17, 15) is 5.11 Å². The highest BCUT2D eigenvalue weighted by Crippen LogP contribution is 2.35. The first kappa shape index (κ1) is 4.87. The van der Waals surface area contributed by atoms with Gasteiger partial charge in [0.05, 0.1) is 12.2 Å². The van der Waals surface area contributed by atoms with Crippen LogP contribution in [0.3, 0.4) is 0 Å². The van der Waals surface area contributed by atoms with Crippen LogP contribution < -0.4 is 4.74 Å². The van der Waals surface area contributed by atoms with Crippen molar-refractivity contribution in [3.63, 3.8) is 0 Å². The molecule has 2 rings (SSSR count). The molecule has 1 aromatic carbocycles. The van der Waals surface area contributed by atoms with Gasteiger partial charge >= 0.3 is 0 Å². The molecule has 0 aliphatic carbocycles. The molecule has 0 saturated carbocycles. The van der Waals surface area contributed by atoms with Gasteiger partial charge in [-0.3, -0.25) is 0 Å². The van der Waals surface area contributed by atoms with E-state index in [-0.39, 0.29) is 13.0 Å². The molecule has 0 bridgehead atoms. The molecular weight excluding hydrogens is 152 g/mol. The SMILES string of the molecule is [2H]C([2H])([2H])C1(O)CCOc2ccccc21. The van der Waals surface area contributed by atoms with Crippen LogP contribution in [0.4, 0.5) is 0 Å². The first-order chi connectivity index (χ1) is 6.95. The Morgan fingerprint density at radius 3 is 3.25 bits per heavy atom. The molecule has 1 atom stereocenters. The van der Waals surface area contributed by atoms with Gasteiger partial charge in [-0.05, 0) is 12.9 Å². The number of fused-ring (bicyclic) bond motifs is 1. The van der Waals surface area contributed by atoms with Crippen LogP contribution in [0.15, 0.2) is 24.3 Å². The van der Waals surface area contributed by atoms with Gasteiger partial charge in [0.25, 0.3) is 0 Å². The minimum absolute atomic E-state index is 0.0977. The molecule has 1 aliphatic heterocycles. The van der Waals surface area contributed by atoms with Gasteiger partial charge in [0.2, 0.25) is 0 Å². The number of hydrogen-bond donors (Lipinski definition) is 1. The minimum atomic E-state index is -2.42. The number of para-hydroxylation sites is 1. The molecule has 1 aromatic rings. The van der Waals surface area contributed by atoms with Gasteiger partial charge in [-0.2, -0.15) is 0 Å². The second-order valence-electron chi connectivity index (χ2n) is 2.95. The summed E-state index contributed by atoms with van der Waals surface area (Å²) in [5.74, 6) is 0.461. The Hall–Kier alpha value is -1.02. The van der Waals surface area contributed by atoms with E-state index in [0.717, 1.165) is 0 Å². The maximum Gasteiger partial charge on any atom is 0.125 e. The molecular formula is C10H12O2. The van der Waals surface area contributed by atoms with Crippen LogP contribution in [-0.4, -0.2) is 11.7 Å². The van der Waals surface area contributed by atoms with Crippen molar-refractivity contribution in [3.05, 3.63) is 29.8 Å². The van der Waals surface area contributed by atoms with E-state index < -0.39 is 12.5 Å². The van der Waals surface area contributed by atoms with Crippen LogP contribution in [0.5, 0.6) is 5.75 Å². The van der Waals surface area contributed by atoms with Crippen LogP contribution in [0.25, 0.3) is 0 Å². The predicted molar refractivity (Wildman–Crippen MR) is 46.1 cm³/mol. The fraction of sp³-hybridized carbons (Fsp3) is 0.400. The lowest BCUT2D eigenvalue weighted by atomic mass is 9.90. The third-order valence-corrected chi connectivity index (χ3v) is 2.05. The summed E-state index contributed by atoms with van der Waals surface area (Å²) in [5.41, 5.74) is -1.42. The average Bonchev–Trinajstić information content (AvgIpc) is 2.17. The minimum Gasteiger partial charge on any atom is -0.493 e. The van der Waals surface area contributed by atoms with Crippen LogP contribution >= 0.6 is 0 Å². The molecule has 1 unspecified atom stereocenters. The third-order valence-electron chi connectivity index (χ3n) is 2.05. The number of hydrogen-bond acceptors (Lipinski definition) is 2. The van der Waals surface area contributed by atoms with E-state index in [4.69, 9.17) is 8.85 Å². The summed E-state index contributed by atoms with van der Waals surface area (Å²) < 4.78 is 27.4. The highest BCUT2D eigenvalue weighted by molar-refractivity contribution is 5.38. The lowest BCUT2D eigenvalue weighted by Gasteiger charge is -2.30. The van der Waals surface area contributed by atoms with Crippen molar-refractivity contribution >= 4 is 0 Å². The van der Waals surface area contributed by atoms with E-state index in [1.165, 1.54) is 0 Å².